The topological polar surface area (TPSA) is 9.23 Å². The van der Waals surface area contributed by atoms with Crippen molar-refractivity contribution in [1.82, 2.24) is 0 Å². The highest BCUT2D eigenvalue weighted by molar-refractivity contribution is 5.36. The van der Waals surface area contributed by atoms with Crippen LogP contribution in [-0.4, -0.2) is 7.11 Å². The van der Waals surface area contributed by atoms with Crippen LogP contribution < -0.4 is 4.74 Å². The largest absolute Gasteiger partial charge is 0.496 e. The zero-order valence-electron chi connectivity index (χ0n) is 13.5. The quantitative estimate of drug-likeness (QED) is 0.659. The van der Waals surface area contributed by atoms with Crippen molar-refractivity contribution in [1.29, 1.82) is 0 Å². The smallest absolute Gasteiger partial charge is 0.121 e. The van der Waals surface area contributed by atoms with Crippen LogP contribution in [0, 0.1) is 6.92 Å². The highest BCUT2D eigenvalue weighted by atomic mass is 16.5. The summed E-state index contributed by atoms with van der Waals surface area (Å²) in [7, 11) is 1.71. The average Bonchev–Trinajstić information content (AvgIpc) is 2.42. The molecule has 0 bridgehead atoms. The minimum Gasteiger partial charge on any atom is -0.496 e. The zero-order valence-corrected chi connectivity index (χ0v) is 13.5. The van der Waals surface area contributed by atoms with E-state index in [9.17, 15) is 0 Å². The molecule has 1 nitrogen and oxygen atoms in total. The van der Waals surface area contributed by atoms with E-state index in [0.717, 1.165) is 12.2 Å². The summed E-state index contributed by atoms with van der Waals surface area (Å²) in [6.07, 6.45) is 5.00. The van der Waals surface area contributed by atoms with Gasteiger partial charge in [-0.3, -0.25) is 0 Å². The van der Waals surface area contributed by atoms with E-state index in [2.05, 4.69) is 39.8 Å². The van der Waals surface area contributed by atoms with Crippen LogP contribution in [0.1, 0.15) is 65.0 Å². The van der Waals surface area contributed by atoms with Crippen LogP contribution in [0.25, 0.3) is 0 Å². The summed E-state index contributed by atoms with van der Waals surface area (Å²) in [5.41, 5.74) is 2.62. The lowest BCUT2D eigenvalue weighted by atomic mass is 10.1. The van der Waals surface area contributed by atoms with Crippen LogP contribution in [0.3, 0.4) is 0 Å². The first-order chi connectivity index (χ1) is 8.69. The Bertz CT molecular complexity index is 277. The highest BCUT2D eigenvalue weighted by Crippen LogP contribution is 2.18. The maximum Gasteiger partial charge on any atom is 0.121 e. The van der Waals surface area contributed by atoms with Crippen LogP contribution in [-0.2, 0) is 6.42 Å². The van der Waals surface area contributed by atoms with E-state index in [1.165, 1.54) is 30.4 Å². The van der Waals surface area contributed by atoms with Gasteiger partial charge in [0.05, 0.1) is 7.11 Å². The normalized spacial score (nSPS) is 8.61. The Kier molecular flexibility index (Phi) is 15.1. The maximum absolute atomic E-state index is 5.18. The molecule has 1 aromatic rings. The fourth-order valence-electron chi connectivity index (χ4n) is 1.38. The van der Waals surface area contributed by atoms with Gasteiger partial charge in [-0.1, -0.05) is 66.0 Å². The molecule has 0 fully saturated rings. The molecule has 0 spiro atoms. The lowest BCUT2D eigenvalue weighted by Gasteiger charge is -2.05. The van der Waals surface area contributed by atoms with Crippen LogP contribution >= 0.6 is 0 Å². The molecule has 1 rings (SSSR count). The fourth-order valence-corrected chi connectivity index (χ4v) is 1.38. The number of benzene rings is 1. The summed E-state index contributed by atoms with van der Waals surface area (Å²) >= 11 is 0. The van der Waals surface area contributed by atoms with Gasteiger partial charge in [0, 0.05) is 0 Å². The molecule has 0 aromatic heterocycles. The highest BCUT2D eigenvalue weighted by Gasteiger charge is 1.98. The SMILES string of the molecule is CC.CCCC.CCCc1ccc(OC)c(C)c1. The van der Waals surface area contributed by atoms with E-state index < -0.39 is 0 Å². The van der Waals surface area contributed by atoms with E-state index in [1.807, 2.05) is 19.9 Å². The molecule has 0 aliphatic heterocycles. The van der Waals surface area contributed by atoms with Crippen molar-refractivity contribution >= 4 is 0 Å². The standard InChI is InChI=1S/C11H16O.C4H10.C2H6/c1-4-5-10-6-7-11(12-3)9(2)8-10;1-3-4-2;1-2/h6-8H,4-5H2,1-3H3;3-4H2,1-2H3;1-2H3. The van der Waals surface area contributed by atoms with Gasteiger partial charge in [0.2, 0.25) is 0 Å². The van der Waals surface area contributed by atoms with Gasteiger partial charge in [-0.05, 0) is 30.5 Å². The summed E-state index contributed by atoms with van der Waals surface area (Å²) in [5, 5.41) is 0. The van der Waals surface area contributed by atoms with Crippen molar-refractivity contribution < 1.29 is 4.74 Å². The third-order valence-corrected chi connectivity index (χ3v) is 2.50. The third kappa shape index (κ3) is 9.09. The van der Waals surface area contributed by atoms with Crippen LogP contribution in [0.2, 0.25) is 0 Å². The summed E-state index contributed by atoms with van der Waals surface area (Å²) in [6, 6.07) is 6.37. The molecule has 18 heavy (non-hydrogen) atoms. The predicted molar refractivity (Wildman–Crippen MR) is 83.7 cm³/mol. The van der Waals surface area contributed by atoms with Crippen molar-refractivity contribution in [3.63, 3.8) is 0 Å². The number of hydrogen-bond acceptors (Lipinski definition) is 1. The molecule has 0 radical (unpaired) electrons. The Hall–Kier alpha value is -0.980. The summed E-state index contributed by atoms with van der Waals surface area (Å²) in [5.74, 6) is 0.981. The van der Waals surface area contributed by atoms with Gasteiger partial charge in [0.1, 0.15) is 5.75 Å². The van der Waals surface area contributed by atoms with E-state index >= 15 is 0 Å². The Balaban J connectivity index is 0. The number of unbranched alkanes of at least 4 members (excludes halogenated alkanes) is 1. The van der Waals surface area contributed by atoms with E-state index in [1.54, 1.807) is 7.11 Å². The molecule has 0 atom stereocenters. The number of hydrogen-bond donors (Lipinski definition) is 0. The summed E-state index contributed by atoms with van der Waals surface area (Å²) in [4.78, 5) is 0. The number of ether oxygens (including phenoxy) is 1. The van der Waals surface area contributed by atoms with Crippen molar-refractivity contribution in [3.8, 4) is 5.75 Å². The zero-order chi connectivity index (χ0) is 14.4. The van der Waals surface area contributed by atoms with Gasteiger partial charge in [-0.25, -0.2) is 0 Å². The molecule has 1 aromatic carbocycles. The second kappa shape index (κ2) is 14.1. The fraction of sp³-hybridized carbons (Fsp3) is 0.647. The van der Waals surface area contributed by atoms with Crippen LogP contribution in [0.15, 0.2) is 18.2 Å². The molecular formula is C17H32O. The molecule has 106 valence electrons. The van der Waals surface area contributed by atoms with Crippen molar-refractivity contribution in [2.75, 3.05) is 7.11 Å². The third-order valence-electron chi connectivity index (χ3n) is 2.50. The van der Waals surface area contributed by atoms with Gasteiger partial charge < -0.3 is 4.74 Å². The minimum atomic E-state index is 0.981. The Morgan fingerprint density at radius 3 is 1.83 bits per heavy atom. The Morgan fingerprint density at radius 1 is 0.944 bits per heavy atom. The predicted octanol–water partition coefficient (Wildman–Crippen LogP) is 5.79. The lowest BCUT2D eigenvalue weighted by Crippen LogP contribution is -1.89. The average molecular weight is 252 g/mol. The minimum absolute atomic E-state index is 0.981. The van der Waals surface area contributed by atoms with Crippen molar-refractivity contribution in [2.45, 2.75) is 67.2 Å². The van der Waals surface area contributed by atoms with E-state index in [0.29, 0.717) is 0 Å². The van der Waals surface area contributed by atoms with Crippen molar-refractivity contribution in [2.24, 2.45) is 0 Å². The van der Waals surface area contributed by atoms with Gasteiger partial charge in [0.15, 0.2) is 0 Å². The first-order valence-electron chi connectivity index (χ1n) is 7.33. The van der Waals surface area contributed by atoms with E-state index in [-0.39, 0.29) is 0 Å². The lowest BCUT2D eigenvalue weighted by molar-refractivity contribution is 0.411. The maximum atomic E-state index is 5.18. The molecule has 0 heterocycles. The number of methoxy groups -OCH3 is 1. The van der Waals surface area contributed by atoms with E-state index in [4.69, 9.17) is 4.74 Å². The first-order valence-corrected chi connectivity index (χ1v) is 7.33. The van der Waals surface area contributed by atoms with Gasteiger partial charge in [0.25, 0.3) is 0 Å². The molecule has 0 aliphatic rings. The molecule has 0 aliphatic carbocycles. The second-order valence-electron chi connectivity index (χ2n) is 4.05. The molecule has 0 saturated heterocycles. The Morgan fingerprint density at radius 2 is 1.50 bits per heavy atom. The molecule has 0 unspecified atom stereocenters. The molecule has 1 heteroatoms. The van der Waals surface area contributed by atoms with Crippen LogP contribution in [0.5, 0.6) is 5.75 Å². The van der Waals surface area contributed by atoms with Gasteiger partial charge >= 0.3 is 0 Å². The number of aryl methyl sites for hydroxylation is 2. The van der Waals surface area contributed by atoms with Gasteiger partial charge in [-0.2, -0.15) is 0 Å². The first kappa shape index (κ1) is 19.4. The van der Waals surface area contributed by atoms with Crippen molar-refractivity contribution in [3.05, 3.63) is 29.3 Å². The Labute approximate surface area is 115 Å². The molecular weight excluding hydrogens is 220 g/mol. The second-order valence-corrected chi connectivity index (χ2v) is 4.05. The summed E-state index contributed by atoms with van der Waals surface area (Å²) in [6.45, 7) is 12.6. The number of rotatable bonds is 4. The molecule has 0 N–H and O–H groups in total. The van der Waals surface area contributed by atoms with Gasteiger partial charge in [-0.15, -0.1) is 0 Å². The van der Waals surface area contributed by atoms with Crippen LogP contribution in [0.4, 0.5) is 0 Å². The molecule has 0 amide bonds. The molecule has 0 saturated carbocycles. The monoisotopic (exact) mass is 252 g/mol. The summed E-state index contributed by atoms with van der Waals surface area (Å²) < 4.78 is 5.18.